The van der Waals surface area contributed by atoms with Crippen LogP contribution in [0.1, 0.15) is 19.3 Å². The van der Waals surface area contributed by atoms with Crippen LogP contribution < -0.4 is 16.2 Å². The summed E-state index contributed by atoms with van der Waals surface area (Å²) in [4.78, 5) is 11.9. The summed E-state index contributed by atoms with van der Waals surface area (Å²) < 4.78 is 0. The molecule has 3 rings (SSSR count). The highest BCUT2D eigenvalue weighted by molar-refractivity contribution is 5.95. The molecule has 1 heterocycles. The number of rotatable bonds is 2. The molecule has 16 heavy (non-hydrogen) atoms. The van der Waals surface area contributed by atoms with Gasteiger partial charge in [-0.3, -0.25) is 4.79 Å². The van der Waals surface area contributed by atoms with Crippen LogP contribution in [0.3, 0.4) is 0 Å². The third-order valence-corrected chi connectivity index (χ3v) is 3.26. The first-order valence-electron chi connectivity index (χ1n) is 5.69. The van der Waals surface area contributed by atoms with Gasteiger partial charge in [0.2, 0.25) is 5.91 Å². The maximum absolute atomic E-state index is 11.9. The van der Waals surface area contributed by atoms with Gasteiger partial charge in [-0.1, -0.05) is 6.07 Å². The smallest absolute Gasteiger partial charge is 0.243 e. The summed E-state index contributed by atoms with van der Waals surface area (Å²) >= 11 is 0. The van der Waals surface area contributed by atoms with Crippen molar-refractivity contribution in [1.29, 1.82) is 0 Å². The molecule has 0 aromatic heterocycles. The Morgan fingerprint density at radius 1 is 1.38 bits per heavy atom. The molecule has 2 aliphatic rings. The average Bonchev–Trinajstić information content (AvgIpc) is 3.02. The van der Waals surface area contributed by atoms with Gasteiger partial charge in [-0.25, -0.2) is 10.4 Å². The first-order valence-corrected chi connectivity index (χ1v) is 5.69. The molecule has 1 unspecified atom stereocenters. The van der Waals surface area contributed by atoms with Crippen molar-refractivity contribution in [3.63, 3.8) is 0 Å². The fourth-order valence-electron chi connectivity index (χ4n) is 2.22. The summed E-state index contributed by atoms with van der Waals surface area (Å²) in [7, 11) is 0. The van der Waals surface area contributed by atoms with Gasteiger partial charge in [0.15, 0.2) is 0 Å². The summed E-state index contributed by atoms with van der Waals surface area (Å²) in [5.41, 5.74) is 10.5. The molecule has 1 aliphatic carbocycles. The number of hydrazine groups is 1. The van der Waals surface area contributed by atoms with Crippen LogP contribution >= 0.6 is 0 Å². The van der Waals surface area contributed by atoms with E-state index in [2.05, 4.69) is 5.43 Å². The standard InChI is InChI=1S/C12H15N3O/c13-9-2-1-3-10(6-9)15-12(16)7-11(14-15)8-4-5-8/h1-3,6,8,11,14H,4-5,7,13H2. The molecule has 0 radical (unpaired) electrons. The fraction of sp³-hybridized carbons (Fsp3) is 0.417. The van der Waals surface area contributed by atoms with Gasteiger partial charge in [-0.2, -0.15) is 0 Å². The number of nitrogens with zero attached hydrogens (tertiary/aromatic N) is 1. The Morgan fingerprint density at radius 3 is 2.88 bits per heavy atom. The van der Waals surface area contributed by atoms with Crippen LogP contribution in [0.2, 0.25) is 0 Å². The number of carbonyl (C=O) groups is 1. The lowest BCUT2D eigenvalue weighted by atomic mass is 10.1. The number of anilines is 2. The minimum atomic E-state index is 0.141. The molecule has 1 aromatic rings. The molecule has 4 nitrogen and oxygen atoms in total. The van der Waals surface area contributed by atoms with Crippen molar-refractivity contribution in [3.05, 3.63) is 24.3 Å². The van der Waals surface area contributed by atoms with Crippen LogP contribution in [0.15, 0.2) is 24.3 Å². The number of carbonyl (C=O) groups excluding carboxylic acids is 1. The van der Waals surface area contributed by atoms with Crippen LogP contribution in [-0.2, 0) is 4.79 Å². The molecule has 2 fully saturated rings. The molecule has 84 valence electrons. The van der Waals surface area contributed by atoms with E-state index in [1.807, 2.05) is 24.3 Å². The summed E-state index contributed by atoms with van der Waals surface area (Å²) in [5.74, 6) is 0.831. The lowest BCUT2D eigenvalue weighted by molar-refractivity contribution is -0.117. The molecule has 1 saturated carbocycles. The first-order chi connectivity index (χ1) is 7.74. The minimum absolute atomic E-state index is 0.141. The molecule has 0 spiro atoms. The zero-order valence-electron chi connectivity index (χ0n) is 9.02. The van der Waals surface area contributed by atoms with E-state index < -0.39 is 0 Å². The number of hydrogen-bond donors (Lipinski definition) is 2. The van der Waals surface area contributed by atoms with Crippen molar-refractivity contribution in [2.45, 2.75) is 25.3 Å². The van der Waals surface area contributed by atoms with E-state index in [4.69, 9.17) is 5.73 Å². The highest BCUT2D eigenvalue weighted by Gasteiger charge is 2.40. The van der Waals surface area contributed by atoms with Crippen molar-refractivity contribution < 1.29 is 4.79 Å². The van der Waals surface area contributed by atoms with Gasteiger partial charge in [-0.15, -0.1) is 0 Å². The van der Waals surface area contributed by atoms with Gasteiger partial charge in [0.05, 0.1) is 5.69 Å². The SMILES string of the molecule is Nc1cccc(N2NC(C3CC3)CC2=O)c1. The van der Waals surface area contributed by atoms with E-state index in [-0.39, 0.29) is 5.91 Å². The number of nitrogens with two attached hydrogens (primary N) is 1. The Kier molecular flexibility index (Phi) is 2.11. The van der Waals surface area contributed by atoms with Crippen molar-refractivity contribution >= 4 is 17.3 Å². The largest absolute Gasteiger partial charge is 0.399 e. The normalized spacial score (nSPS) is 25.1. The van der Waals surface area contributed by atoms with Crippen LogP contribution in [0, 0.1) is 5.92 Å². The summed E-state index contributed by atoms with van der Waals surface area (Å²) in [6, 6.07) is 7.73. The third-order valence-electron chi connectivity index (χ3n) is 3.26. The molecule has 3 N–H and O–H groups in total. The summed E-state index contributed by atoms with van der Waals surface area (Å²) in [6.45, 7) is 0. The van der Waals surface area contributed by atoms with Crippen LogP contribution in [-0.4, -0.2) is 11.9 Å². The van der Waals surface area contributed by atoms with Gasteiger partial charge in [0.25, 0.3) is 0 Å². The molecule has 1 saturated heterocycles. The molecule has 1 aliphatic heterocycles. The Hall–Kier alpha value is -1.55. The van der Waals surface area contributed by atoms with Gasteiger partial charge >= 0.3 is 0 Å². The Bertz CT molecular complexity index is 428. The average molecular weight is 217 g/mol. The summed E-state index contributed by atoms with van der Waals surface area (Å²) in [5, 5.41) is 1.64. The zero-order valence-corrected chi connectivity index (χ0v) is 9.02. The van der Waals surface area contributed by atoms with Crippen molar-refractivity contribution in [1.82, 2.24) is 5.43 Å². The Morgan fingerprint density at radius 2 is 2.19 bits per heavy atom. The van der Waals surface area contributed by atoms with E-state index in [0.717, 1.165) is 5.69 Å². The number of amides is 1. The molecule has 4 heteroatoms. The highest BCUT2D eigenvalue weighted by Crippen LogP contribution is 2.37. The van der Waals surface area contributed by atoms with Gasteiger partial charge in [0.1, 0.15) is 0 Å². The quantitative estimate of drug-likeness (QED) is 0.734. The molecular formula is C12H15N3O. The van der Waals surface area contributed by atoms with Gasteiger partial charge in [0, 0.05) is 18.2 Å². The maximum Gasteiger partial charge on any atom is 0.243 e. The number of nitrogen functional groups attached to an aromatic ring is 1. The predicted molar refractivity (Wildman–Crippen MR) is 62.6 cm³/mol. The highest BCUT2D eigenvalue weighted by atomic mass is 16.2. The number of benzene rings is 1. The van der Waals surface area contributed by atoms with Crippen LogP contribution in [0.25, 0.3) is 0 Å². The molecule has 1 amide bonds. The van der Waals surface area contributed by atoms with Crippen LogP contribution in [0.4, 0.5) is 11.4 Å². The molecule has 1 atom stereocenters. The van der Waals surface area contributed by atoms with Crippen molar-refractivity contribution in [2.75, 3.05) is 10.7 Å². The number of hydrogen-bond acceptors (Lipinski definition) is 3. The third kappa shape index (κ3) is 1.65. The van der Waals surface area contributed by atoms with Gasteiger partial charge < -0.3 is 5.73 Å². The van der Waals surface area contributed by atoms with E-state index in [9.17, 15) is 4.79 Å². The van der Waals surface area contributed by atoms with E-state index in [1.165, 1.54) is 12.8 Å². The second kappa shape index (κ2) is 3.49. The molecule has 1 aromatic carbocycles. The maximum atomic E-state index is 11.9. The topological polar surface area (TPSA) is 58.4 Å². The Balaban J connectivity index is 1.81. The summed E-state index contributed by atoms with van der Waals surface area (Å²) in [6.07, 6.45) is 3.10. The van der Waals surface area contributed by atoms with Gasteiger partial charge in [-0.05, 0) is 37.0 Å². The van der Waals surface area contributed by atoms with E-state index in [1.54, 1.807) is 5.01 Å². The van der Waals surface area contributed by atoms with E-state index in [0.29, 0.717) is 24.1 Å². The minimum Gasteiger partial charge on any atom is -0.399 e. The second-order valence-electron chi connectivity index (χ2n) is 4.60. The van der Waals surface area contributed by atoms with Crippen LogP contribution in [0.5, 0.6) is 0 Å². The second-order valence-corrected chi connectivity index (χ2v) is 4.60. The van der Waals surface area contributed by atoms with Crippen molar-refractivity contribution in [3.8, 4) is 0 Å². The zero-order chi connectivity index (χ0) is 11.1. The lowest BCUT2D eigenvalue weighted by Gasteiger charge is -2.18. The lowest BCUT2D eigenvalue weighted by Crippen LogP contribution is -2.38. The van der Waals surface area contributed by atoms with E-state index >= 15 is 0 Å². The molecule has 0 bridgehead atoms. The predicted octanol–water partition coefficient (Wildman–Crippen LogP) is 1.29. The first kappa shape index (κ1) is 9.66. The fourth-order valence-corrected chi connectivity index (χ4v) is 2.22. The monoisotopic (exact) mass is 217 g/mol. The molecular weight excluding hydrogens is 202 g/mol. The number of nitrogens with one attached hydrogen (secondary N) is 1. The Labute approximate surface area is 94.4 Å². The van der Waals surface area contributed by atoms with Crippen molar-refractivity contribution in [2.24, 2.45) is 5.92 Å².